The number of nitrogens with one attached hydrogen (secondary N) is 2. The number of piperidine rings is 1. The fraction of sp³-hybridized carbons (Fsp3) is 0.423. The number of halogens is 1. The Bertz CT molecular complexity index is 1690. The predicted molar refractivity (Wildman–Crippen MR) is 149 cm³/mol. The Morgan fingerprint density at radius 1 is 0.975 bits per heavy atom. The SMILES string of the molecule is COCC12CN(S(=O)(=O)c3cc4cc(Cl)ccc4n3S(=O)(=O)c3ccccc3)CC(=O)N1CC1(CCNCC1)N2. The number of hydrogen-bond donors (Lipinski definition) is 2. The van der Waals surface area contributed by atoms with Crippen molar-refractivity contribution in [1.29, 1.82) is 0 Å². The molecule has 11 nitrogen and oxygen atoms in total. The van der Waals surface area contributed by atoms with Crippen molar-refractivity contribution in [1.82, 2.24) is 23.8 Å². The van der Waals surface area contributed by atoms with Crippen LogP contribution in [0.4, 0.5) is 0 Å². The molecule has 1 aromatic heterocycles. The molecule has 0 saturated carbocycles. The molecule has 14 heteroatoms. The van der Waals surface area contributed by atoms with Crippen LogP contribution in [0.5, 0.6) is 0 Å². The second-order valence-corrected chi connectivity index (χ2v) is 14.7. The minimum absolute atomic E-state index is 0.0686. The fourth-order valence-electron chi connectivity index (χ4n) is 6.24. The Kier molecular flexibility index (Phi) is 6.77. The number of ether oxygens (including phenoxy) is 1. The van der Waals surface area contributed by atoms with E-state index in [1.165, 1.54) is 43.5 Å². The van der Waals surface area contributed by atoms with Crippen molar-refractivity contribution in [3.05, 3.63) is 59.6 Å². The number of methoxy groups -OCH3 is 1. The van der Waals surface area contributed by atoms with E-state index in [2.05, 4.69) is 10.6 Å². The first-order valence-corrected chi connectivity index (χ1v) is 16.2. The zero-order valence-corrected chi connectivity index (χ0v) is 24.2. The second-order valence-electron chi connectivity index (χ2n) is 10.6. The summed E-state index contributed by atoms with van der Waals surface area (Å²) in [5, 5.41) is 7.14. The maximum absolute atomic E-state index is 14.3. The van der Waals surface area contributed by atoms with Crippen molar-refractivity contribution in [3.63, 3.8) is 0 Å². The van der Waals surface area contributed by atoms with Gasteiger partial charge in [0.1, 0.15) is 5.66 Å². The van der Waals surface area contributed by atoms with E-state index in [1.54, 1.807) is 23.1 Å². The maximum atomic E-state index is 14.3. The van der Waals surface area contributed by atoms with E-state index >= 15 is 0 Å². The monoisotopic (exact) mass is 607 g/mol. The second kappa shape index (κ2) is 9.79. The standard InChI is InChI=1S/C26H30ClN5O6S2/c1-38-18-26-17-30(15-23(33)31(26)16-25(29-26)9-11-28-12-10-25)40(36,37)24-14-19-13-20(27)7-8-22(19)32(24)39(34,35)21-5-3-2-4-6-21/h2-8,13-14,28-29H,9-12,15-18H2,1H3. The molecule has 3 aliphatic rings. The molecule has 6 rings (SSSR count). The van der Waals surface area contributed by atoms with Crippen LogP contribution in [0.25, 0.3) is 10.9 Å². The summed E-state index contributed by atoms with van der Waals surface area (Å²) in [4.78, 5) is 15.2. The highest BCUT2D eigenvalue weighted by atomic mass is 35.5. The summed E-state index contributed by atoms with van der Waals surface area (Å²) >= 11 is 6.18. The molecule has 1 unspecified atom stereocenters. The fourth-order valence-corrected chi connectivity index (χ4v) is 9.94. The van der Waals surface area contributed by atoms with Gasteiger partial charge in [-0.3, -0.25) is 10.1 Å². The van der Waals surface area contributed by atoms with Crippen LogP contribution in [0.15, 0.2) is 64.5 Å². The summed E-state index contributed by atoms with van der Waals surface area (Å²) in [5.41, 5.74) is -1.29. The number of fused-ring (bicyclic) bond motifs is 2. The van der Waals surface area contributed by atoms with Crippen molar-refractivity contribution in [2.45, 2.75) is 34.0 Å². The summed E-state index contributed by atoms with van der Waals surface area (Å²) in [6, 6.07) is 13.4. The van der Waals surface area contributed by atoms with Crippen LogP contribution in [0.2, 0.25) is 5.02 Å². The number of hydrogen-bond acceptors (Lipinski definition) is 8. The molecule has 1 amide bonds. The van der Waals surface area contributed by atoms with Gasteiger partial charge in [-0.1, -0.05) is 29.8 Å². The first-order valence-electron chi connectivity index (χ1n) is 12.9. The molecular weight excluding hydrogens is 578 g/mol. The summed E-state index contributed by atoms with van der Waals surface area (Å²) in [7, 11) is -7.34. The van der Waals surface area contributed by atoms with E-state index in [0.717, 1.165) is 34.2 Å². The van der Waals surface area contributed by atoms with Crippen LogP contribution in [0, 0.1) is 0 Å². The van der Waals surface area contributed by atoms with Crippen LogP contribution in [-0.4, -0.2) is 93.6 Å². The van der Waals surface area contributed by atoms with Crippen molar-refractivity contribution in [2.75, 3.05) is 46.4 Å². The molecule has 3 fully saturated rings. The first kappa shape index (κ1) is 27.6. The molecule has 1 atom stereocenters. The van der Waals surface area contributed by atoms with Crippen LogP contribution < -0.4 is 10.6 Å². The lowest BCUT2D eigenvalue weighted by atomic mass is 9.89. The highest BCUT2D eigenvalue weighted by Crippen LogP contribution is 2.39. The quantitative estimate of drug-likeness (QED) is 0.431. The molecule has 0 radical (unpaired) electrons. The molecule has 4 heterocycles. The number of nitrogens with zero attached hydrogens (tertiary/aromatic N) is 3. The average molecular weight is 608 g/mol. The minimum atomic E-state index is -4.51. The predicted octanol–water partition coefficient (Wildman–Crippen LogP) is 1.43. The number of amides is 1. The smallest absolute Gasteiger partial charge is 0.269 e. The third kappa shape index (κ3) is 4.35. The van der Waals surface area contributed by atoms with Gasteiger partial charge in [-0.25, -0.2) is 20.8 Å². The molecule has 3 aliphatic heterocycles. The van der Waals surface area contributed by atoms with Crippen LogP contribution in [0.1, 0.15) is 12.8 Å². The molecule has 214 valence electrons. The van der Waals surface area contributed by atoms with Gasteiger partial charge in [-0.05, 0) is 62.3 Å². The largest absolute Gasteiger partial charge is 0.381 e. The van der Waals surface area contributed by atoms with Gasteiger partial charge in [0.05, 0.1) is 30.1 Å². The van der Waals surface area contributed by atoms with Crippen molar-refractivity contribution < 1.29 is 26.4 Å². The summed E-state index contributed by atoms with van der Waals surface area (Å²) < 4.78 is 63.9. The summed E-state index contributed by atoms with van der Waals surface area (Å²) in [6.07, 6.45) is 1.55. The van der Waals surface area contributed by atoms with Crippen molar-refractivity contribution >= 4 is 48.5 Å². The molecule has 0 bridgehead atoms. The highest BCUT2D eigenvalue weighted by Gasteiger charge is 2.59. The molecule has 2 aromatic carbocycles. The number of piperazine rings is 1. The van der Waals surface area contributed by atoms with Crippen LogP contribution in [0.3, 0.4) is 0 Å². The van der Waals surface area contributed by atoms with E-state index in [4.69, 9.17) is 16.3 Å². The molecule has 3 aromatic rings. The van der Waals surface area contributed by atoms with Gasteiger partial charge in [0.2, 0.25) is 5.91 Å². The van der Waals surface area contributed by atoms with E-state index in [0.29, 0.717) is 17.0 Å². The Morgan fingerprint density at radius 2 is 1.70 bits per heavy atom. The first-order chi connectivity index (χ1) is 19.0. The number of sulfonamides is 1. The lowest BCUT2D eigenvalue weighted by Crippen LogP contribution is -2.70. The minimum Gasteiger partial charge on any atom is -0.381 e. The molecule has 40 heavy (non-hydrogen) atoms. The van der Waals surface area contributed by atoms with E-state index in [9.17, 15) is 21.6 Å². The van der Waals surface area contributed by atoms with Crippen LogP contribution >= 0.6 is 11.6 Å². The molecule has 3 saturated heterocycles. The Hall–Kier alpha value is -2.52. The van der Waals surface area contributed by atoms with Gasteiger partial charge < -0.3 is 15.0 Å². The normalized spacial score (nSPS) is 23.6. The van der Waals surface area contributed by atoms with Gasteiger partial charge >= 0.3 is 0 Å². The number of carbonyl (C=O) groups is 1. The maximum Gasteiger partial charge on any atom is 0.269 e. The summed E-state index contributed by atoms with van der Waals surface area (Å²) in [6.45, 7) is 1.56. The van der Waals surface area contributed by atoms with Crippen molar-refractivity contribution in [2.24, 2.45) is 0 Å². The zero-order chi connectivity index (χ0) is 28.3. The Labute approximate surface area is 238 Å². The third-order valence-electron chi connectivity index (χ3n) is 8.04. The third-order valence-corrected chi connectivity index (χ3v) is 11.9. The summed E-state index contributed by atoms with van der Waals surface area (Å²) in [5.74, 6) is -0.369. The molecule has 1 spiro atoms. The van der Waals surface area contributed by atoms with Gasteiger partial charge in [-0.15, -0.1) is 0 Å². The Morgan fingerprint density at radius 3 is 2.40 bits per heavy atom. The number of carbonyl (C=O) groups excluding carboxylic acids is 1. The number of aromatic nitrogens is 1. The van der Waals surface area contributed by atoms with Gasteiger partial charge in [0.25, 0.3) is 20.0 Å². The van der Waals surface area contributed by atoms with Crippen molar-refractivity contribution in [3.8, 4) is 0 Å². The highest BCUT2D eigenvalue weighted by molar-refractivity contribution is 7.92. The molecular formula is C26H30ClN5O6S2. The topological polar surface area (TPSA) is 130 Å². The zero-order valence-electron chi connectivity index (χ0n) is 21.8. The van der Waals surface area contributed by atoms with Gasteiger partial charge in [0, 0.05) is 29.6 Å². The van der Waals surface area contributed by atoms with Gasteiger partial charge in [-0.2, -0.15) is 4.31 Å². The van der Waals surface area contributed by atoms with E-state index in [1.807, 2.05) is 0 Å². The molecule has 0 aliphatic carbocycles. The average Bonchev–Trinajstić information content (AvgIpc) is 3.46. The number of rotatable bonds is 6. The van der Waals surface area contributed by atoms with E-state index < -0.39 is 37.3 Å². The lowest BCUT2D eigenvalue weighted by molar-refractivity contribution is -0.144. The lowest BCUT2D eigenvalue weighted by Gasteiger charge is -2.45. The van der Waals surface area contributed by atoms with Gasteiger partial charge in [0.15, 0.2) is 5.03 Å². The molecule has 2 N–H and O–H groups in total. The Balaban J connectivity index is 1.47. The van der Waals surface area contributed by atoms with Crippen LogP contribution in [-0.2, 0) is 29.6 Å². The number of benzene rings is 2. The van der Waals surface area contributed by atoms with E-state index in [-0.39, 0.29) is 35.0 Å².